The Hall–Kier alpha value is -0.570. The van der Waals surface area contributed by atoms with Gasteiger partial charge in [-0.2, -0.15) is 0 Å². The van der Waals surface area contributed by atoms with Crippen molar-refractivity contribution in [1.29, 1.82) is 0 Å². The molecule has 1 rings (SSSR count). The zero-order chi connectivity index (χ0) is 15.5. The second kappa shape index (κ2) is 6.93. The summed E-state index contributed by atoms with van der Waals surface area (Å²) in [6.07, 6.45) is 3.28. The van der Waals surface area contributed by atoms with Gasteiger partial charge in [0.25, 0.3) is 0 Å². The van der Waals surface area contributed by atoms with Gasteiger partial charge in [0, 0.05) is 6.54 Å². The molecule has 0 aliphatic carbocycles. The van der Waals surface area contributed by atoms with Crippen molar-refractivity contribution in [2.45, 2.75) is 79.9 Å². The standard InChI is InChI=1S/C17H34N2O/c1-12(2)10-14-16(20)19(9-8-17(5,6)7)15(18-14)11-13(3)4/h12-15,18H,8-11H2,1-7H3. The van der Waals surface area contributed by atoms with Crippen LogP contribution in [0.3, 0.4) is 0 Å². The van der Waals surface area contributed by atoms with Crippen LogP contribution in [-0.4, -0.2) is 29.6 Å². The number of amides is 1. The Morgan fingerprint density at radius 1 is 1.10 bits per heavy atom. The summed E-state index contributed by atoms with van der Waals surface area (Å²) in [6.45, 7) is 16.4. The molecule has 0 bridgehead atoms. The molecule has 0 aromatic heterocycles. The fraction of sp³-hybridized carbons (Fsp3) is 0.941. The molecule has 20 heavy (non-hydrogen) atoms. The fourth-order valence-electron chi connectivity index (χ4n) is 2.75. The van der Waals surface area contributed by atoms with E-state index in [1.54, 1.807) is 0 Å². The van der Waals surface area contributed by atoms with Crippen LogP contribution in [0.4, 0.5) is 0 Å². The molecule has 3 nitrogen and oxygen atoms in total. The Labute approximate surface area is 125 Å². The zero-order valence-electron chi connectivity index (χ0n) is 14.5. The second-order valence-corrected chi connectivity index (χ2v) is 8.34. The SMILES string of the molecule is CC(C)CC1NC(CC(C)C)N(CCC(C)(C)C)C1=O. The van der Waals surface area contributed by atoms with Gasteiger partial charge in [0.15, 0.2) is 0 Å². The van der Waals surface area contributed by atoms with Crippen molar-refractivity contribution in [1.82, 2.24) is 10.2 Å². The molecule has 1 saturated heterocycles. The number of carbonyl (C=O) groups is 1. The normalized spacial score (nSPS) is 24.2. The quantitative estimate of drug-likeness (QED) is 0.806. The van der Waals surface area contributed by atoms with Crippen LogP contribution in [0.5, 0.6) is 0 Å². The Bertz CT molecular complexity index is 317. The maximum atomic E-state index is 12.6. The minimum Gasteiger partial charge on any atom is -0.326 e. The van der Waals surface area contributed by atoms with Gasteiger partial charge in [0.2, 0.25) is 5.91 Å². The molecule has 0 radical (unpaired) electrons. The van der Waals surface area contributed by atoms with Gasteiger partial charge in [-0.3, -0.25) is 10.1 Å². The van der Waals surface area contributed by atoms with Crippen LogP contribution in [0, 0.1) is 17.3 Å². The highest BCUT2D eigenvalue weighted by Crippen LogP contribution is 2.25. The molecule has 1 fully saturated rings. The molecule has 0 spiro atoms. The van der Waals surface area contributed by atoms with E-state index in [0.717, 1.165) is 25.8 Å². The lowest BCUT2D eigenvalue weighted by atomic mass is 9.92. The van der Waals surface area contributed by atoms with E-state index in [0.29, 0.717) is 17.7 Å². The molecule has 2 unspecified atom stereocenters. The van der Waals surface area contributed by atoms with E-state index in [-0.39, 0.29) is 17.6 Å². The minimum atomic E-state index is 0.0266. The Kier molecular flexibility index (Phi) is 6.06. The smallest absolute Gasteiger partial charge is 0.241 e. The molecule has 1 aliphatic rings. The average Bonchev–Trinajstić information content (AvgIpc) is 2.50. The molecule has 0 aromatic carbocycles. The number of hydrogen-bond donors (Lipinski definition) is 1. The van der Waals surface area contributed by atoms with E-state index in [1.165, 1.54) is 0 Å². The molecule has 1 N–H and O–H groups in total. The third-order valence-corrected chi connectivity index (χ3v) is 3.86. The van der Waals surface area contributed by atoms with Crippen molar-refractivity contribution >= 4 is 5.91 Å². The second-order valence-electron chi connectivity index (χ2n) is 8.34. The maximum absolute atomic E-state index is 12.6. The maximum Gasteiger partial charge on any atom is 0.241 e. The van der Waals surface area contributed by atoms with Crippen LogP contribution < -0.4 is 5.32 Å². The summed E-state index contributed by atoms with van der Waals surface area (Å²) in [5.74, 6) is 1.47. The lowest BCUT2D eigenvalue weighted by molar-refractivity contribution is -0.130. The van der Waals surface area contributed by atoms with Gasteiger partial charge >= 0.3 is 0 Å². The van der Waals surface area contributed by atoms with Gasteiger partial charge < -0.3 is 4.90 Å². The Balaban J connectivity index is 2.71. The number of nitrogens with zero attached hydrogens (tertiary/aromatic N) is 1. The first-order valence-electron chi connectivity index (χ1n) is 8.16. The number of hydrogen-bond acceptors (Lipinski definition) is 2. The van der Waals surface area contributed by atoms with Gasteiger partial charge in [-0.15, -0.1) is 0 Å². The summed E-state index contributed by atoms with van der Waals surface area (Å²) in [6, 6.07) is 0.0266. The largest absolute Gasteiger partial charge is 0.326 e. The summed E-state index contributed by atoms with van der Waals surface area (Å²) in [7, 11) is 0. The van der Waals surface area contributed by atoms with Crippen molar-refractivity contribution in [3.63, 3.8) is 0 Å². The first-order chi connectivity index (χ1) is 9.10. The average molecular weight is 282 g/mol. The van der Waals surface area contributed by atoms with Crippen LogP contribution >= 0.6 is 0 Å². The predicted octanol–water partition coefficient (Wildman–Crippen LogP) is 3.64. The first kappa shape index (κ1) is 17.5. The summed E-state index contributed by atoms with van der Waals surface area (Å²) >= 11 is 0. The topological polar surface area (TPSA) is 32.3 Å². The van der Waals surface area contributed by atoms with Crippen molar-refractivity contribution in [2.75, 3.05) is 6.54 Å². The molecule has 0 aromatic rings. The fourth-order valence-corrected chi connectivity index (χ4v) is 2.75. The molecule has 0 saturated carbocycles. The Morgan fingerprint density at radius 3 is 2.10 bits per heavy atom. The number of rotatable bonds is 6. The third-order valence-electron chi connectivity index (χ3n) is 3.86. The lowest BCUT2D eigenvalue weighted by Gasteiger charge is -2.28. The van der Waals surface area contributed by atoms with Gasteiger partial charge in [0.1, 0.15) is 0 Å². The van der Waals surface area contributed by atoms with E-state index < -0.39 is 0 Å². The zero-order valence-corrected chi connectivity index (χ0v) is 14.5. The van der Waals surface area contributed by atoms with E-state index in [2.05, 4.69) is 58.7 Å². The van der Waals surface area contributed by atoms with Crippen molar-refractivity contribution in [2.24, 2.45) is 17.3 Å². The summed E-state index contributed by atoms with van der Waals surface area (Å²) < 4.78 is 0. The molecule has 1 heterocycles. The highest BCUT2D eigenvalue weighted by atomic mass is 16.2. The molecular formula is C17H34N2O. The molecule has 3 heteroatoms. The van der Waals surface area contributed by atoms with Crippen LogP contribution in [-0.2, 0) is 4.79 Å². The van der Waals surface area contributed by atoms with E-state index >= 15 is 0 Å². The van der Waals surface area contributed by atoms with Gasteiger partial charge in [-0.05, 0) is 36.5 Å². The molecule has 1 aliphatic heterocycles. The summed E-state index contributed by atoms with van der Waals surface area (Å²) in [5, 5.41) is 3.57. The number of nitrogens with one attached hydrogen (secondary N) is 1. The van der Waals surface area contributed by atoms with Crippen LogP contribution in [0.2, 0.25) is 0 Å². The predicted molar refractivity (Wildman–Crippen MR) is 85.4 cm³/mol. The minimum absolute atomic E-state index is 0.0266. The molecule has 1 amide bonds. The lowest BCUT2D eigenvalue weighted by Crippen LogP contribution is -2.40. The molecular weight excluding hydrogens is 248 g/mol. The molecule has 2 atom stereocenters. The van der Waals surface area contributed by atoms with Crippen LogP contribution in [0.15, 0.2) is 0 Å². The first-order valence-corrected chi connectivity index (χ1v) is 8.16. The van der Waals surface area contributed by atoms with Crippen LogP contribution in [0.1, 0.15) is 67.7 Å². The Morgan fingerprint density at radius 2 is 1.65 bits per heavy atom. The van der Waals surface area contributed by atoms with Crippen LogP contribution in [0.25, 0.3) is 0 Å². The third kappa shape index (κ3) is 5.43. The van der Waals surface area contributed by atoms with Crippen molar-refractivity contribution < 1.29 is 4.79 Å². The monoisotopic (exact) mass is 282 g/mol. The van der Waals surface area contributed by atoms with Gasteiger partial charge in [-0.25, -0.2) is 0 Å². The van der Waals surface area contributed by atoms with Gasteiger partial charge in [-0.1, -0.05) is 48.5 Å². The van der Waals surface area contributed by atoms with Crippen molar-refractivity contribution in [3.8, 4) is 0 Å². The summed E-state index contributed by atoms with van der Waals surface area (Å²) in [4.78, 5) is 14.7. The highest BCUT2D eigenvalue weighted by Gasteiger charge is 2.38. The highest BCUT2D eigenvalue weighted by molar-refractivity contribution is 5.84. The molecule has 118 valence electrons. The van der Waals surface area contributed by atoms with Gasteiger partial charge in [0.05, 0.1) is 12.2 Å². The van der Waals surface area contributed by atoms with E-state index in [1.807, 2.05) is 0 Å². The summed E-state index contributed by atoms with van der Waals surface area (Å²) in [5.41, 5.74) is 0.277. The number of carbonyl (C=O) groups excluding carboxylic acids is 1. The van der Waals surface area contributed by atoms with E-state index in [9.17, 15) is 4.79 Å². The van der Waals surface area contributed by atoms with Crippen molar-refractivity contribution in [3.05, 3.63) is 0 Å². The van der Waals surface area contributed by atoms with E-state index in [4.69, 9.17) is 0 Å².